The molecule has 3 aromatic rings. The number of nitrogens with two attached hydrogens (primary N) is 1. The molecule has 254 valence electrons. The number of amides is 1. The predicted octanol–water partition coefficient (Wildman–Crippen LogP) is 6.42. The first-order chi connectivity index (χ1) is 23.0. The summed E-state index contributed by atoms with van der Waals surface area (Å²) in [4.78, 5) is 22.1. The average Bonchev–Trinajstić information content (AvgIpc) is 3.10. The van der Waals surface area contributed by atoms with E-state index in [9.17, 15) is 4.79 Å². The van der Waals surface area contributed by atoms with E-state index in [2.05, 4.69) is 94.6 Å². The van der Waals surface area contributed by atoms with Crippen molar-refractivity contribution in [1.29, 1.82) is 0 Å². The van der Waals surface area contributed by atoms with Crippen LogP contribution in [0.5, 0.6) is 5.75 Å². The lowest BCUT2D eigenvalue weighted by Crippen LogP contribution is -2.44. The zero-order valence-corrected chi connectivity index (χ0v) is 28.8. The largest absolute Gasteiger partial charge is 0.493 e. The van der Waals surface area contributed by atoms with Crippen LogP contribution in [-0.2, 0) is 29.0 Å². The van der Waals surface area contributed by atoms with Crippen LogP contribution in [0.2, 0.25) is 0 Å². The molecule has 3 N–H and O–H groups in total. The van der Waals surface area contributed by atoms with Crippen LogP contribution in [0.25, 0.3) is 11.1 Å². The van der Waals surface area contributed by atoms with Crippen LogP contribution in [-0.4, -0.2) is 74.2 Å². The molecule has 1 amide bonds. The molecule has 0 saturated carbocycles. The third-order valence-electron chi connectivity index (χ3n) is 8.90. The highest BCUT2D eigenvalue weighted by atomic mass is 16.5. The van der Waals surface area contributed by atoms with Gasteiger partial charge in [-0.3, -0.25) is 24.9 Å². The molecule has 0 aromatic heterocycles. The number of rotatable bonds is 18. The fourth-order valence-corrected chi connectivity index (χ4v) is 6.22. The summed E-state index contributed by atoms with van der Waals surface area (Å²) in [6, 6.07) is 26.5. The number of aryl methyl sites for hydroxylation is 1. The molecule has 0 radical (unpaired) electrons. The summed E-state index contributed by atoms with van der Waals surface area (Å²) in [5, 5.41) is 2.72. The van der Waals surface area contributed by atoms with Crippen molar-refractivity contribution < 1.29 is 14.3 Å². The van der Waals surface area contributed by atoms with Crippen molar-refractivity contribution in [1.82, 2.24) is 15.1 Å². The number of unbranched alkanes of at least 4 members (excludes halogenated alkanes) is 1. The zero-order valence-electron chi connectivity index (χ0n) is 28.8. The lowest BCUT2D eigenvalue weighted by atomic mass is 9.97. The molecule has 1 saturated heterocycles. The molecule has 0 atom stereocenters. The van der Waals surface area contributed by atoms with Gasteiger partial charge in [0, 0.05) is 57.8 Å². The van der Waals surface area contributed by atoms with Crippen molar-refractivity contribution in [2.45, 2.75) is 77.9 Å². The quantitative estimate of drug-likeness (QED) is 0.0947. The minimum absolute atomic E-state index is 0.148. The lowest BCUT2D eigenvalue weighted by Gasteiger charge is -2.38. The van der Waals surface area contributed by atoms with Gasteiger partial charge < -0.3 is 15.2 Å². The number of carbonyl (C=O) groups is 1. The number of ether oxygens (including phenoxy) is 2. The summed E-state index contributed by atoms with van der Waals surface area (Å²) in [5.74, 6) is 0.862. The number of benzene rings is 3. The van der Waals surface area contributed by atoms with Gasteiger partial charge in [0.2, 0.25) is 5.91 Å². The van der Waals surface area contributed by atoms with Gasteiger partial charge in [-0.1, -0.05) is 93.1 Å². The topological polar surface area (TPSA) is 92.4 Å². The Hall–Kier alpha value is -3.72. The van der Waals surface area contributed by atoms with Gasteiger partial charge in [-0.15, -0.1) is 0 Å². The van der Waals surface area contributed by atoms with E-state index in [0.29, 0.717) is 38.6 Å². The molecular formula is C39H55N5O3. The van der Waals surface area contributed by atoms with Crippen LogP contribution in [0.3, 0.4) is 0 Å². The Morgan fingerprint density at radius 3 is 2.43 bits per heavy atom. The molecule has 1 heterocycles. The zero-order chi connectivity index (χ0) is 33.3. The first-order valence-corrected chi connectivity index (χ1v) is 17.4. The lowest BCUT2D eigenvalue weighted by molar-refractivity contribution is -0.119. The molecule has 0 aliphatic carbocycles. The number of hydrogen-bond acceptors (Lipinski definition) is 6. The number of aliphatic imine (C=N–C) groups is 1. The molecular weight excluding hydrogens is 586 g/mol. The van der Waals surface area contributed by atoms with Crippen LogP contribution in [0.15, 0.2) is 77.8 Å². The molecule has 8 nitrogen and oxygen atoms in total. The summed E-state index contributed by atoms with van der Waals surface area (Å²) in [7, 11) is 1.70. The molecule has 4 rings (SSSR count). The normalized spacial score (nSPS) is 14.4. The maximum atomic E-state index is 12.6. The van der Waals surface area contributed by atoms with Gasteiger partial charge in [0.25, 0.3) is 0 Å². The molecule has 0 unspecified atom stereocenters. The summed E-state index contributed by atoms with van der Waals surface area (Å²) >= 11 is 0. The summed E-state index contributed by atoms with van der Waals surface area (Å²) in [6.45, 7) is 11.5. The van der Waals surface area contributed by atoms with E-state index < -0.39 is 0 Å². The number of piperidine rings is 1. The Balaban J connectivity index is 1.37. The van der Waals surface area contributed by atoms with Crippen molar-refractivity contribution >= 4 is 11.9 Å². The van der Waals surface area contributed by atoms with Gasteiger partial charge in [0.1, 0.15) is 5.75 Å². The smallest absolute Gasteiger partial charge is 0.226 e. The number of nitrogens with one attached hydrogen (secondary N) is 1. The van der Waals surface area contributed by atoms with Gasteiger partial charge >= 0.3 is 0 Å². The molecule has 1 aliphatic heterocycles. The molecule has 0 bridgehead atoms. The fourth-order valence-electron chi connectivity index (χ4n) is 6.22. The third-order valence-corrected chi connectivity index (χ3v) is 8.90. The van der Waals surface area contributed by atoms with E-state index >= 15 is 0 Å². The van der Waals surface area contributed by atoms with E-state index in [1.807, 2.05) is 12.1 Å². The van der Waals surface area contributed by atoms with Crippen LogP contribution < -0.4 is 15.8 Å². The van der Waals surface area contributed by atoms with Crippen LogP contribution in [0.1, 0.15) is 69.1 Å². The number of guanidine groups is 1. The second-order valence-electron chi connectivity index (χ2n) is 12.4. The molecule has 0 spiro atoms. The van der Waals surface area contributed by atoms with E-state index in [-0.39, 0.29) is 11.9 Å². The van der Waals surface area contributed by atoms with Crippen molar-refractivity contribution in [2.24, 2.45) is 10.7 Å². The second kappa shape index (κ2) is 19.8. The van der Waals surface area contributed by atoms with E-state index in [1.165, 1.54) is 24.0 Å². The van der Waals surface area contributed by atoms with E-state index in [0.717, 1.165) is 74.4 Å². The minimum atomic E-state index is -0.148. The first kappa shape index (κ1) is 36.1. The van der Waals surface area contributed by atoms with Crippen molar-refractivity contribution in [3.05, 3.63) is 89.5 Å². The minimum Gasteiger partial charge on any atom is -0.493 e. The standard InChI is InChI=1S/C39H55N5O3/c1-4-6-24-41-39(40)42-37(45)21-20-34-14-10-15-36(38(34)47-28-11-27-46-3)33-18-16-32(17-19-33)29-43-25-22-35(23-26-43)44(5-2)30-31-12-8-7-9-13-31/h7-10,12-19,35H,4-6,11,20-30H2,1-3H3,(H3,40,41,42,45). The predicted molar refractivity (Wildman–Crippen MR) is 193 cm³/mol. The van der Waals surface area contributed by atoms with Crippen LogP contribution in [0.4, 0.5) is 0 Å². The van der Waals surface area contributed by atoms with E-state index in [4.69, 9.17) is 15.2 Å². The van der Waals surface area contributed by atoms with Gasteiger partial charge in [0.05, 0.1) is 6.61 Å². The van der Waals surface area contributed by atoms with Gasteiger partial charge in [-0.05, 0) is 67.6 Å². The van der Waals surface area contributed by atoms with Gasteiger partial charge in [-0.25, -0.2) is 0 Å². The third kappa shape index (κ3) is 11.8. The van der Waals surface area contributed by atoms with Gasteiger partial charge in [-0.2, -0.15) is 0 Å². The molecule has 1 aliphatic rings. The summed E-state index contributed by atoms with van der Waals surface area (Å²) < 4.78 is 11.6. The highest BCUT2D eigenvalue weighted by Crippen LogP contribution is 2.35. The summed E-state index contributed by atoms with van der Waals surface area (Å²) in [6.07, 6.45) is 5.99. The molecule has 8 heteroatoms. The average molecular weight is 642 g/mol. The highest BCUT2D eigenvalue weighted by molar-refractivity contribution is 5.96. The Labute approximate surface area is 282 Å². The Kier molecular flexibility index (Phi) is 15.2. The number of para-hydroxylation sites is 1. The fraction of sp³-hybridized carbons (Fsp3) is 0.487. The summed E-state index contributed by atoms with van der Waals surface area (Å²) in [5.41, 5.74) is 11.8. The van der Waals surface area contributed by atoms with Crippen molar-refractivity contribution in [2.75, 3.05) is 46.5 Å². The van der Waals surface area contributed by atoms with Gasteiger partial charge in [0.15, 0.2) is 5.96 Å². The number of carbonyl (C=O) groups excluding carboxylic acids is 1. The molecule has 47 heavy (non-hydrogen) atoms. The maximum Gasteiger partial charge on any atom is 0.226 e. The van der Waals surface area contributed by atoms with Crippen LogP contribution in [0, 0.1) is 0 Å². The maximum absolute atomic E-state index is 12.6. The number of likely N-dealkylation sites (tertiary alicyclic amines) is 1. The van der Waals surface area contributed by atoms with Crippen molar-refractivity contribution in [3.63, 3.8) is 0 Å². The van der Waals surface area contributed by atoms with Crippen molar-refractivity contribution in [3.8, 4) is 16.9 Å². The number of methoxy groups -OCH3 is 1. The SMILES string of the molecule is CCCCN=C(N)NC(=O)CCc1cccc(-c2ccc(CN3CCC(N(CC)Cc4ccccc4)CC3)cc2)c1OCCCOC. The molecule has 3 aromatic carbocycles. The van der Waals surface area contributed by atoms with Crippen LogP contribution >= 0.6 is 0 Å². The van der Waals surface area contributed by atoms with E-state index in [1.54, 1.807) is 7.11 Å². The number of hydrogen-bond donors (Lipinski definition) is 2. The first-order valence-electron chi connectivity index (χ1n) is 17.4. The number of nitrogens with zero attached hydrogens (tertiary/aromatic N) is 3. The Morgan fingerprint density at radius 1 is 0.957 bits per heavy atom. The second-order valence-corrected chi connectivity index (χ2v) is 12.4. The Morgan fingerprint density at radius 2 is 1.72 bits per heavy atom. The Bertz CT molecular complexity index is 1370. The molecule has 1 fully saturated rings. The highest BCUT2D eigenvalue weighted by Gasteiger charge is 2.24. The monoisotopic (exact) mass is 641 g/mol.